The number of hydrogen-bond donors (Lipinski definition) is 0. The van der Waals surface area contributed by atoms with Gasteiger partial charge in [-0.3, -0.25) is 0 Å². The molecule has 0 spiro atoms. The van der Waals surface area contributed by atoms with E-state index in [1.165, 1.54) is 0 Å². The molecule has 0 radical (unpaired) electrons. The van der Waals surface area contributed by atoms with Gasteiger partial charge >= 0.3 is 160 Å². The summed E-state index contributed by atoms with van der Waals surface area (Å²) in [5.74, 6) is 0. The van der Waals surface area contributed by atoms with Gasteiger partial charge in [-0.1, -0.05) is 0 Å². The van der Waals surface area contributed by atoms with E-state index in [0.29, 0.717) is 0 Å². The largest absolute Gasteiger partial charge is 4.00 e. The molecule has 0 aromatic rings. The van der Waals surface area contributed by atoms with Crippen LogP contribution in [0, 0.1) is 0 Å². The molecular formula is BaNa2O16P4Zr2. The van der Waals surface area contributed by atoms with E-state index >= 15 is 0 Å². The van der Waals surface area contributed by atoms with E-state index < -0.39 is 31.3 Å². The smallest absolute Gasteiger partial charge is 0.822 e. The summed E-state index contributed by atoms with van der Waals surface area (Å²) in [6.07, 6.45) is 0. The summed E-state index contributed by atoms with van der Waals surface area (Å²) in [5.41, 5.74) is 0. The van der Waals surface area contributed by atoms with Gasteiger partial charge in [0.2, 0.25) is 0 Å². The maximum Gasteiger partial charge on any atom is 4.00 e. The van der Waals surface area contributed by atoms with E-state index in [2.05, 4.69) is 0 Å². The summed E-state index contributed by atoms with van der Waals surface area (Å²) < 4.78 is 34.2. The average Bonchev–Trinajstić information content (AvgIpc) is 1.62. The van der Waals surface area contributed by atoms with Crippen molar-refractivity contribution in [2.45, 2.75) is 0 Å². The predicted octanol–water partition coefficient (Wildman–Crippen LogP) is -17.7. The fourth-order valence-corrected chi connectivity index (χ4v) is 0. The molecule has 0 fully saturated rings. The van der Waals surface area contributed by atoms with E-state index in [0.717, 1.165) is 0 Å². The van der Waals surface area contributed by atoms with Crippen LogP contribution in [0.2, 0.25) is 0 Å². The molecule has 0 rings (SSSR count). The van der Waals surface area contributed by atoms with E-state index in [4.69, 9.17) is 77.0 Å². The summed E-state index contributed by atoms with van der Waals surface area (Å²) in [6, 6.07) is 0. The van der Waals surface area contributed by atoms with Crippen LogP contribution < -0.4 is 118 Å². The molecule has 0 unspecified atom stereocenters. The Morgan fingerprint density at radius 2 is 0.360 bits per heavy atom. The Morgan fingerprint density at radius 1 is 0.360 bits per heavy atom. The molecule has 0 saturated heterocycles. The van der Waals surface area contributed by atoms with Crippen LogP contribution in [0.4, 0.5) is 0 Å². The van der Waals surface area contributed by atoms with Gasteiger partial charge in [0.15, 0.2) is 0 Å². The molecular weight excluding hydrogens is 746 g/mol. The summed E-state index contributed by atoms with van der Waals surface area (Å²) in [7, 11) is -21.6. The first-order valence-corrected chi connectivity index (χ1v) is 8.76. The Kier molecular flexibility index (Phi) is 64.0. The van der Waals surface area contributed by atoms with Crippen molar-refractivity contribution in [3.05, 3.63) is 0 Å². The molecule has 16 nitrogen and oxygen atoms in total. The summed E-state index contributed by atoms with van der Waals surface area (Å²) in [5, 5.41) is 0. The number of hydrogen-bond acceptors (Lipinski definition) is 16. The van der Waals surface area contributed by atoms with Crippen LogP contribution in [-0.2, 0) is 70.7 Å². The summed E-state index contributed by atoms with van der Waals surface area (Å²) in [4.78, 5) is 103. The zero-order valence-corrected chi connectivity index (χ0v) is 29.0. The molecule has 0 aliphatic heterocycles. The van der Waals surface area contributed by atoms with Gasteiger partial charge in [-0.25, -0.2) is 0 Å². The molecule has 0 aliphatic rings. The van der Waals surface area contributed by atoms with Gasteiger partial charge in [-0.05, 0) is 0 Å². The third kappa shape index (κ3) is 688. The number of rotatable bonds is 0. The third-order valence-electron chi connectivity index (χ3n) is 0. The van der Waals surface area contributed by atoms with Crippen LogP contribution in [0.5, 0.6) is 0 Å². The van der Waals surface area contributed by atoms with Gasteiger partial charge in [-0.2, -0.15) is 31.3 Å². The quantitative estimate of drug-likeness (QED) is 0.164. The average molecular weight is 746 g/mol. The van der Waals surface area contributed by atoms with Crippen LogP contribution in [0.1, 0.15) is 0 Å². The van der Waals surface area contributed by atoms with Crippen LogP contribution in [0.15, 0.2) is 0 Å². The molecule has 25 heteroatoms. The van der Waals surface area contributed by atoms with Crippen molar-refractivity contribution < 1.29 is 189 Å². The Hall–Kier alpha value is 5.78. The standard InChI is InChI=1S/Ba.2Na.4H3O4P.2Zr/c;;;4*1-5(2,3)4;;/h;;;4*(H3,1,2,3,4);;/q+2;2*+1;;;;;2*+4/p-12. The molecule has 0 atom stereocenters. The van der Waals surface area contributed by atoms with Crippen molar-refractivity contribution in [2.24, 2.45) is 0 Å². The molecule has 128 valence electrons. The molecule has 0 saturated carbocycles. The van der Waals surface area contributed by atoms with Crippen LogP contribution in [0.25, 0.3) is 0 Å². The predicted molar refractivity (Wildman–Crippen MR) is 36.2 cm³/mol. The Morgan fingerprint density at radius 3 is 0.360 bits per heavy atom. The van der Waals surface area contributed by atoms with Gasteiger partial charge in [0, 0.05) is 0 Å². The second-order valence-corrected chi connectivity index (χ2v) is 5.37. The zero-order chi connectivity index (χ0) is 18.0. The van der Waals surface area contributed by atoms with E-state index in [1.54, 1.807) is 0 Å². The first kappa shape index (κ1) is 57.5. The minimum Gasteiger partial charge on any atom is -0.822 e. The summed E-state index contributed by atoms with van der Waals surface area (Å²) in [6.45, 7) is 0. The maximum absolute atomic E-state index is 8.55. The first-order chi connectivity index (χ1) is 8.00. The van der Waals surface area contributed by atoms with Crippen LogP contribution in [0.3, 0.4) is 0 Å². The summed E-state index contributed by atoms with van der Waals surface area (Å²) >= 11 is 0. The van der Waals surface area contributed by atoms with Crippen molar-refractivity contribution >= 4 is 80.2 Å². The molecule has 25 heavy (non-hydrogen) atoms. The molecule has 0 aromatic heterocycles. The Labute approximate surface area is 263 Å². The molecule has 0 N–H and O–H groups in total. The fraction of sp³-hybridized carbons (Fsp3) is 0. The van der Waals surface area contributed by atoms with E-state index in [1.807, 2.05) is 0 Å². The zero-order valence-electron chi connectivity index (χ0n) is 12.0. The molecule has 0 aromatic carbocycles. The van der Waals surface area contributed by atoms with Crippen molar-refractivity contribution in [1.82, 2.24) is 0 Å². The van der Waals surface area contributed by atoms with E-state index in [-0.39, 0.29) is 160 Å². The molecule has 0 amide bonds. The van der Waals surface area contributed by atoms with Crippen molar-refractivity contribution in [1.29, 1.82) is 0 Å². The topological polar surface area (TPSA) is 345 Å². The monoisotopic (exact) mass is 744 g/mol. The second-order valence-electron chi connectivity index (χ2n) is 1.79. The Balaban J connectivity index is -0.0000000183. The molecule has 0 bridgehead atoms. The minimum absolute atomic E-state index is 0. The van der Waals surface area contributed by atoms with Crippen molar-refractivity contribution in [2.75, 3.05) is 0 Å². The van der Waals surface area contributed by atoms with Gasteiger partial charge < -0.3 is 77.0 Å². The Bertz CT molecular complexity index is 305. The third-order valence-corrected chi connectivity index (χ3v) is 0. The second kappa shape index (κ2) is 27.8. The molecule has 0 heterocycles. The fourth-order valence-electron chi connectivity index (χ4n) is 0. The first-order valence-electron chi connectivity index (χ1n) is 2.92. The van der Waals surface area contributed by atoms with Crippen molar-refractivity contribution in [3.63, 3.8) is 0 Å². The van der Waals surface area contributed by atoms with Crippen LogP contribution >= 0.6 is 31.3 Å². The maximum atomic E-state index is 8.55. The van der Waals surface area contributed by atoms with Gasteiger partial charge in [0.25, 0.3) is 0 Å². The minimum atomic E-state index is -5.39. The van der Waals surface area contributed by atoms with E-state index in [9.17, 15) is 0 Å². The van der Waals surface area contributed by atoms with Crippen molar-refractivity contribution in [3.8, 4) is 0 Å². The van der Waals surface area contributed by atoms with Crippen LogP contribution in [-0.4, -0.2) is 48.9 Å². The SMILES string of the molecule is O=P([O-])([O-])[O-].O=P([O-])([O-])[O-].O=P([O-])([O-])[O-].O=P([O-])([O-])[O-].[Ba+2].[Na+].[Na+].[Zr+4].[Zr+4]. The van der Waals surface area contributed by atoms with Gasteiger partial charge in [0.1, 0.15) is 0 Å². The van der Waals surface area contributed by atoms with Gasteiger partial charge in [0.05, 0.1) is 0 Å². The molecule has 0 aliphatic carbocycles. The van der Waals surface area contributed by atoms with Gasteiger partial charge in [-0.15, -0.1) is 0 Å². The number of phosphoric acid groups is 4. The normalized spacial score (nSPS) is 9.44.